The van der Waals surface area contributed by atoms with E-state index in [1.807, 2.05) is 19.1 Å². The number of benzene rings is 1. The number of esters is 2. The summed E-state index contributed by atoms with van der Waals surface area (Å²) in [5, 5.41) is 5.05. The number of ether oxygens (including phenoxy) is 3. The van der Waals surface area contributed by atoms with E-state index in [0.29, 0.717) is 5.75 Å². The number of amides is 2. The summed E-state index contributed by atoms with van der Waals surface area (Å²) in [6.45, 7) is 4.89. The van der Waals surface area contributed by atoms with Gasteiger partial charge in [0, 0.05) is 0 Å². The zero-order valence-corrected chi connectivity index (χ0v) is 15.0. The van der Waals surface area contributed by atoms with Gasteiger partial charge in [0.05, 0.1) is 23.9 Å². The van der Waals surface area contributed by atoms with Crippen LogP contribution in [0.15, 0.2) is 35.5 Å². The molecule has 0 aliphatic carbocycles. The summed E-state index contributed by atoms with van der Waals surface area (Å²) in [6, 6.07) is 6.22. The molecule has 0 spiro atoms. The van der Waals surface area contributed by atoms with Crippen molar-refractivity contribution in [2.45, 2.75) is 26.8 Å². The second kappa shape index (κ2) is 8.89. The molecule has 1 aromatic rings. The zero-order chi connectivity index (χ0) is 19.1. The third kappa shape index (κ3) is 5.23. The molecule has 8 nitrogen and oxygen atoms in total. The first-order valence-electron chi connectivity index (χ1n) is 8.23. The lowest BCUT2D eigenvalue weighted by molar-refractivity contribution is -0.145. The second-order valence-electron chi connectivity index (χ2n) is 5.70. The van der Waals surface area contributed by atoms with Crippen LogP contribution in [0.3, 0.4) is 0 Å². The predicted octanol–water partition coefficient (Wildman–Crippen LogP) is 1.44. The zero-order valence-electron chi connectivity index (χ0n) is 15.0. The number of rotatable bonds is 7. The molecule has 0 bridgehead atoms. The fraction of sp³-hybridized carbons (Fsp3) is 0.389. The molecular formula is C18H22N2O6. The average molecular weight is 362 g/mol. The predicted molar refractivity (Wildman–Crippen MR) is 92.4 cm³/mol. The van der Waals surface area contributed by atoms with Crippen LogP contribution < -0.4 is 15.4 Å². The Kier molecular flexibility index (Phi) is 6.60. The Morgan fingerprint density at radius 1 is 1.23 bits per heavy atom. The summed E-state index contributed by atoms with van der Waals surface area (Å²) < 4.78 is 15.5. The largest absolute Gasteiger partial charge is 0.482 e. The number of hydrogen-bond acceptors (Lipinski definition) is 6. The first-order valence-corrected chi connectivity index (χ1v) is 8.23. The van der Waals surface area contributed by atoms with E-state index in [9.17, 15) is 14.4 Å². The minimum Gasteiger partial charge on any atom is -0.482 e. The van der Waals surface area contributed by atoms with Crippen LogP contribution in [-0.2, 0) is 19.1 Å². The quantitative estimate of drug-likeness (QED) is 0.712. The molecule has 1 heterocycles. The lowest BCUT2D eigenvalue weighted by atomic mass is 10.0. The van der Waals surface area contributed by atoms with Crippen LogP contribution in [0.1, 0.15) is 19.4 Å². The van der Waals surface area contributed by atoms with Crippen molar-refractivity contribution < 1.29 is 28.6 Å². The van der Waals surface area contributed by atoms with E-state index in [4.69, 9.17) is 14.2 Å². The van der Waals surface area contributed by atoms with Gasteiger partial charge in [0.1, 0.15) is 12.4 Å². The van der Waals surface area contributed by atoms with Gasteiger partial charge in [0.15, 0.2) is 6.61 Å². The molecule has 1 atom stereocenters. The average Bonchev–Trinajstić information content (AvgIpc) is 2.57. The number of aryl methyl sites for hydroxylation is 1. The van der Waals surface area contributed by atoms with Crippen molar-refractivity contribution in [3.05, 3.63) is 41.1 Å². The summed E-state index contributed by atoms with van der Waals surface area (Å²) in [5.74, 6) is -0.644. The van der Waals surface area contributed by atoms with Gasteiger partial charge in [0.2, 0.25) is 0 Å². The summed E-state index contributed by atoms with van der Waals surface area (Å²) in [7, 11) is 0. The molecule has 1 aliphatic rings. The highest BCUT2D eigenvalue weighted by atomic mass is 16.6. The monoisotopic (exact) mass is 362 g/mol. The maximum atomic E-state index is 12.1. The molecule has 2 rings (SSSR count). The Morgan fingerprint density at radius 3 is 2.69 bits per heavy atom. The Hall–Kier alpha value is -3.03. The number of nitrogens with one attached hydrogen (secondary N) is 2. The Morgan fingerprint density at radius 2 is 2.00 bits per heavy atom. The third-order valence-electron chi connectivity index (χ3n) is 3.59. The van der Waals surface area contributed by atoms with Crippen LogP contribution in [0.5, 0.6) is 5.75 Å². The molecule has 0 saturated heterocycles. The molecular weight excluding hydrogens is 340 g/mol. The second-order valence-corrected chi connectivity index (χ2v) is 5.70. The molecule has 0 radical (unpaired) electrons. The van der Waals surface area contributed by atoms with Crippen LogP contribution in [0.4, 0.5) is 4.79 Å². The van der Waals surface area contributed by atoms with Crippen molar-refractivity contribution in [1.29, 1.82) is 0 Å². The van der Waals surface area contributed by atoms with Crippen LogP contribution in [-0.4, -0.2) is 43.8 Å². The van der Waals surface area contributed by atoms with Gasteiger partial charge in [-0.05, 0) is 38.5 Å². The van der Waals surface area contributed by atoms with E-state index in [-0.39, 0.29) is 31.1 Å². The SMILES string of the molecule is CCOC(=O)C1=C(COC(=O)COc2cccc(C)c2)NC(=O)N[C@H]1C. The highest BCUT2D eigenvalue weighted by molar-refractivity contribution is 5.94. The molecule has 0 aromatic heterocycles. The number of carbonyl (C=O) groups is 3. The van der Waals surface area contributed by atoms with Crippen LogP contribution in [0, 0.1) is 6.92 Å². The lowest BCUT2D eigenvalue weighted by Gasteiger charge is -2.26. The number of urea groups is 1. The Labute approximate surface area is 151 Å². The van der Waals surface area contributed by atoms with Crippen LogP contribution in [0.25, 0.3) is 0 Å². The van der Waals surface area contributed by atoms with Crippen molar-refractivity contribution in [2.24, 2.45) is 0 Å². The van der Waals surface area contributed by atoms with Crippen LogP contribution in [0.2, 0.25) is 0 Å². The van der Waals surface area contributed by atoms with Crippen molar-refractivity contribution in [3.8, 4) is 5.75 Å². The molecule has 2 amide bonds. The van der Waals surface area contributed by atoms with Crippen molar-refractivity contribution in [2.75, 3.05) is 19.8 Å². The summed E-state index contributed by atoms with van der Waals surface area (Å²) in [4.78, 5) is 35.6. The van der Waals surface area contributed by atoms with Gasteiger partial charge >= 0.3 is 18.0 Å². The van der Waals surface area contributed by atoms with Gasteiger partial charge in [-0.15, -0.1) is 0 Å². The minimum absolute atomic E-state index is 0.195. The van der Waals surface area contributed by atoms with Gasteiger partial charge in [-0.25, -0.2) is 14.4 Å². The molecule has 0 fully saturated rings. The Balaban J connectivity index is 1.97. The first kappa shape index (κ1) is 19.3. The fourth-order valence-corrected chi connectivity index (χ4v) is 2.43. The fourth-order valence-electron chi connectivity index (χ4n) is 2.43. The van der Waals surface area contributed by atoms with E-state index in [0.717, 1.165) is 5.56 Å². The van der Waals surface area contributed by atoms with Crippen molar-refractivity contribution >= 4 is 18.0 Å². The molecule has 26 heavy (non-hydrogen) atoms. The molecule has 8 heteroatoms. The maximum absolute atomic E-state index is 12.1. The smallest absolute Gasteiger partial charge is 0.344 e. The molecule has 2 N–H and O–H groups in total. The first-order chi connectivity index (χ1) is 12.4. The Bertz CT molecular complexity index is 728. The van der Waals surface area contributed by atoms with Gasteiger partial charge in [-0.1, -0.05) is 12.1 Å². The number of carbonyl (C=O) groups excluding carboxylic acids is 3. The third-order valence-corrected chi connectivity index (χ3v) is 3.59. The molecule has 1 aromatic carbocycles. The van der Waals surface area contributed by atoms with Crippen molar-refractivity contribution in [1.82, 2.24) is 10.6 Å². The van der Waals surface area contributed by atoms with E-state index in [2.05, 4.69) is 10.6 Å². The van der Waals surface area contributed by atoms with E-state index in [1.54, 1.807) is 26.0 Å². The van der Waals surface area contributed by atoms with Crippen LogP contribution >= 0.6 is 0 Å². The summed E-state index contributed by atoms with van der Waals surface area (Å²) in [6.07, 6.45) is 0. The topological polar surface area (TPSA) is 103 Å². The highest BCUT2D eigenvalue weighted by Gasteiger charge is 2.30. The van der Waals surface area contributed by atoms with Gasteiger partial charge < -0.3 is 24.8 Å². The molecule has 1 aliphatic heterocycles. The summed E-state index contributed by atoms with van der Waals surface area (Å²) in [5.41, 5.74) is 1.42. The molecule has 0 saturated carbocycles. The molecule has 140 valence electrons. The van der Waals surface area contributed by atoms with Gasteiger partial charge in [0.25, 0.3) is 0 Å². The standard InChI is InChI=1S/C18H22N2O6/c1-4-24-17(22)16-12(3)19-18(23)20-14(16)9-26-15(21)10-25-13-7-5-6-11(2)8-13/h5-8,12H,4,9-10H2,1-3H3,(H2,19,20,23)/t12-/m0/s1. The highest BCUT2D eigenvalue weighted by Crippen LogP contribution is 2.15. The van der Waals surface area contributed by atoms with Crippen molar-refractivity contribution in [3.63, 3.8) is 0 Å². The lowest BCUT2D eigenvalue weighted by Crippen LogP contribution is -2.50. The molecule has 0 unspecified atom stereocenters. The van der Waals surface area contributed by atoms with E-state index in [1.165, 1.54) is 0 Å². The maximum Gasteiger partial charge on any atom is 0.344 e. The summed E-state index contributed by atoms with van der Waals surface area (Å²) >= 11 is 0. The van der Waals surface area contributed by atoms with Gasteiger partial charge in [-0.2, -0.15) is 0 Å². The normalized spacial score (nSPS) is 16.4. The van der Waals surface area contributed by atoms with E-state index < -0.39 is 24.0 Å². The van der Waals surface area contributed by atoms with Gasteiger partial charge in [-0.3, -0.25) is 0 Å². The minimum atomic E-state index is -0.623. The number of hydrogen-bond donors (Lipinski definition) is 2. The van der Waals surface area contributed by atoms with E-state index >= 15 is 0 Å².